The number of hydrogen-bond donors (Lipinski definition) is 0. The Morgan fingerprint density at radius 1 is 1.50 bits per heavy atom. The van der Waals surface area contributed by atoms with Gasteiger partial charge in [-0.3, -0.25) is 4.79 Å². The lowest BCUT2D eigenvalue weighted by Crippen LogP contribution is -1.86. The number of pyridine rings is 1. The first-order valence-electron chi connectivity index (χ1n) is 2.43. The molecule has 0 aliphatic rings. The summed E-state index contributed by atoms with van der Waals surface area (Å²) in [5.41, 5.74) is 0.0890. The molecule has 0 aliphatic carbocycles. The largest absolute Gasteiger partial charge is 0.283 e. The molecule has 1 aromatic heterocycles. The van der Waals surface area contributed by atoms with Gasteiger partial charge in [0.25, 0.3) is 6.29 Å². The number of rotatable bonds is 1. The van der Waals surface area contributed by atoms with Crippen LogP contribution in [0.2, 0.25) is 10.0 Å². The van der Waals surface area contributed by atoms with Crippen LogP contribution in [0.3, 0.4) is 0 Å². The molecule has 0 amide bonds. The average Bonchev–Trinajstić information content (AvgIpc) is 1.88. The minimum Gasteiger partial charge on any atom is -0.283 e. The highest BCUT2D eigenvalue weighted by Crippen LogP contribution is 2.16. The second kappa shape index (κ2) is 2.99. The highest BCUT2D eigenvalue weighted by atomic mass is 35.5. The van der Waals surface area contributed by atoms with E-state index in [4.69, 9.17) is 23.2 Å². The summed E-state index contributed by atoms with van der Waals surface area (Å²) >= 11 is 11.0. The van der Waals surface area contributed by atoms with E-state index in [0.717, 1.165) is 0 Å². The average molecular weight is 175 g/mol. The molecule has 1 radical (unpaired) electrons. The van der Waals surface area contributed by atoms with Crippen molar-refractivity contribution < 1.29 is 4.79 Å². The molecule has 2 nitrogen and oxygen atoms in total. The minimum absolute atomic E-state index is 0.0890. The van der Waals surface area contributed by atoms with Crippen molar-refractivity contribution in [2.75, 3.05) is 0 Å². The zero-order chi connectivity index (χ0) is 7.56. The Labute approximate surface area is 67.8 Å². The van der Waals surface area contributed by atoms with Gasteiger partial charge in [-0.15, -0.1) is 0 Å². The first kappa shape index (κ1) is 7.51. The Bertz CT molecular complexity index is 262. The fourth-order valence-corrected chi connectivity index (χ4v) is 0.908. The van der Waals surface area contributed by atoms with Crippen LogP contribution in [-0.2, 0) is 4.79 Å². The van der Waals surface area contributed by atoms with Gasteiger partial charge in [-0.1, -0.05) is 23.2 Å². The summed E-state index contributed by atoms with van der Waals surface area (Å²) in [5, 5.41) is 0.631. The molecule has 51 valence electrons. The predicted molar refractivity (Wildman–Crippen MR) is 39.1 cm³/mol. The maximum Gasteiger partial charge on any atom is 0.255 e. The third kappa shape index (κ3) is 1.46. The van der Waals surface area contributed by atoms with Gasteiger partial charge >= 0.3 is 0 Å². The molecule has 1 heterocycles. The van der Waals surface area contributed by atoms with Crippen molar-refractivity contribution in [2.45, 2.75) is 0 Å². The second-order valence-electron chi connectivity index (χ2n) is 1.59. The van der Waals surface area contributed by atoms with Crippen LogP contribution in [0.25, 0.3) is 0 Å². The topological polar surface area (TPSA) is 30.0 Å². The van der Waals surface area contributed by atoms with Crippen LogP contribution in [0.1, 0.15) is 5.69 Å². The fraction of sp³-hybridized carbons (Fsp3) is 0. The SMILES string of the molecule is O=[C]c1ncc(Cl)cc1Cl. The van der Waals surface area contributed by atoms with Gasteiger partial charge in [0.2, 0.25) is 0 Å². The van der Waals surface area contributed by atoms with Gasteiger partial charge in [0.15, 0.2) is 0 Å². The van der Waals surface area contributed by atoms with Gasteiger partial charge in [0.05, 0.1) is 10.0 Å². The standard InChI is InChI=1S/C6H2Cl2NO/c7-4-1-5(8)6(3-10)9-2-4/h1-2H. The molecule has 0 spiro atoms. The molecule has 0 saturated carbocycles. The summed E-state index contributed by atoms with van der Waals surface area (Å²) in [6, 6.07) is 1.44. The highest BCUT2D eigenvalue weighted by Gasteiger charge is 2.00. The molecule has 0 aromatic carbocycles. The van der Waals surface area contributed by atoms with Crippen LogP contribution in [0.4, 0.5) is 0 Å². The van der Waals surface area contributed by atoms with Gasteiger partial charge in [-0.05, 0) is 6.07 Å². The smallest absolute Gasteiger partial charge is 0.255 e. The minimum atomic E-state index is 0.0890. The summed E-state index contributed by atoms with van der Waals surface area (Å²) in [7, 11) is 0. The Balaban J connectivity index is 3.19. The first-order chi connectivity index (χ1) is 4.74. The molecule has 4 heteroatoms. The molecule has 0 bridgehead atoms. The summed E-state index contributed by atoms with van der Waals surface area (Å²) in [4.78, 5) is 13.6. The van der Waals surface area contributed by atoms with E-state index in [9.17, 15) is 4.79 Å². The molecular weight excluding hydrogens is 173 g/mol. The van der Waals surface area contributed by atoms with E-state index in [1.165, 1.54) is 12.3 Å². The molecule has 0 saturated heterocycles. The Morgan fingerprint density at radius 3 is 2.70 bits per heavy atom. The van der Waals surface area contributed by atoms with E-state index >= 15 is 0 Å². The van der Waals surface area contributed by atoms with Crippen LogP contribution < -0.4 is 0 Å². The zero-order valence-electron chi connectivity index (χ0n) is 4.77. The van der Waals surface area contributed by atoms with E-state index in [1.807, 2.05) is 0 Å². The number of aromatic nitrogens is 1. The summed E-state index contributed by atoms with van der Waals surface area (Å²) < 4.78 is 0. The van der Waals surface area contributed by atoms with Crippen molar-refractivity contribution in [3.8, 4) is 0 Å². The molecule has 0 N–H and O–H groups in total. The van der Waals surface area contributed by atoms with Crippen molar-refractivity contribution in [3.63, 3.8) is 0 Å². The van der Waals surface area contributed by atoms with Crippen LogP contribution >= 0.6 is 23.2 Å². The van der Waals surface area contributed by atoms with Gasteiger partial charge < -0.3 is 0 Å². The molecule has 0 aliphatic heterocycles. The normalized spacial score (nSPS) is 9.40. The van der Waals surface area contributed by atoms with Gasteiger partial charge in [0, 0.05) is 6.20 Å². The van der Waals surface area contributed by atoms with Gasteiger partial charge in [-0.2, -0.15) is 0 Å². The first-order valence-corrected chi connectivity index (χ1v) is 3.19. The number of hydrogen-bond acceptors (Lipinski definition) is 2. The predicted octanol–water partition coefficient (Wildman–Crippen LogP) is 1.85. The zero-order valence-corrected chi connectivity index (χ0v) is 6.28. The highest BCUT2D eigenvalue weighted by molar-refractivity contribution is 6.35. The summed E-state index contributed by atoms with van der Waals surface area (Å²) in [6.45, 7) is 0. The van der Waals surface area contributed by atoms with Crippen molar-refractivity contribution in [2.24, 2.45) is 0 Å². The van der Waals surface area contributed by atoms with Crippen LogP contribution in [-0.4, -0.2) is 11.3 Å². The van der Waals surface area contributed by atoms with Crippen LogP contribution in [0.15, 0.2) is 12.3 Å². The fourth-order valence-electron chi connectivity index (χ4n) is 0.490. The molecule has 0 unspecified atom stereocenters. The van der Waals surface area contributed by atoms with Crippen molar-refractivity contribution in [1.29, 1.82) is 0 Å². The Kier molecular flexibility index (Phi) is 2.25. The van der Waals surface area contributed by atoms with Crippen molar-refractivity contribution in [3.05, 3.63) is 28.0 Å². The maximum atomic E-state index is 10.0. The van der Waals surface area contributed by atoms with E-state index in [-0.39, 0.29) is 10.7 Å². The van der Waals surface area contributed by atoms with Gasteiger partial charge in [0.1, 0.15) is 5.69 Å². The van der Waals surface area contributed by atoms with E-state index in [2.05, 4.69) is 4.98 Å². The second-order valence-corrected chi connectivity index (χ2v) is 2.43. The van der Waals surface area contributed by atoms with E-state index < -0.39 is 0 Å². The Hall–Kier alpha value is -0.600. The van der Waals surface area contributed by atoms with Crippen molar-refractivity contribution in [1.82, 2.24) is 4.98 Å². The summed E-state index contributed by atoms with van der Waals surface area (Å²) in [6.07, 6.45) is 2.91. The lowest BCUT2D eigenvalue weighted by molar-refractivity contribution is 0.561. The van der Waals surface area contributed by atoms with Gasteiger partial charge in [-0.25, -0.2) is 4.98 Å². The van der Waals surface area contributed by atoms with Crippen molar-refractivity contribution >= 4 is 29.5 Å². The van der Waals surface area contributed by atoms with E-state index in [0.29, 0.717) is 5.02 Å². The van der Waals surface area contributed by atoms with Crippen LogP contribution in [0, 0.1) is 0 Å². The molecule has 1 rings (SSSR count). The maximum absolute atomic E-state index is 10.0. The third-order valence-corrected chi connectivity index (χ3v) is 1.40. The lowest BCUT2D eigenvalue weighted by atomic mass is 10.4. The van der Waals surface area contributed by atoms with E-state index in [1.54, 1.807) is 6.29 Å². The number of halogens is 2. The molecule has 0 fully saturated rings. The molecule has 1 aromatic rings. The molecule has 10 heavy (non-hydrogen) atoms. The number of carbonyl (C=O) groups excluding carboxylic acids is 1. The number of nitrogens with zero attached hydrogens (tertiary/aromatic N) is 1. The Morgan fingerprint density at radius 2 is 2.20 bits per heavy atom. The lowest BCUT2D eigenvalue weighted by Gasteiger charge is -1.92. The molecule has 0 atom stereocenters. The monoisotopic (exact) mass is 174 g/mol. The molecular formula is C6H2Cl2NO. The van der Waals surface area contributed by atoms with Crippen LogP contribution in [0.5, 0.6) is 0 Å². The third-order valence-electron chi connectivity index (χ3n) is 0.904. The summed E-state index contributed by atoms with van der Waals surface area (Å²) in [5.74, 6) is 0. The quantitative estimate of drug-likeness (QED) is 0.651.